The van der Waals surface area contributed by atoms with Crippen LogP contribution >= 0.6 is 15.9 Å². The number of H-pyrrole nitrogens is 1. The van der Waals surface area contributed by atoms with Gasteiger partial charge in [0.25, 0.3) is 5.56 Å². The molecule has 1 heterocycles. The molecule has 0 aliphatic heterocycles. The van der Waals surface area contributed by atoms with Crippen molar-refractivity contribution >= 4 is 33.0 Å². The fraction of sp³-hybridized carbons (Fsp3) is 0.250. The molecule has 1 aromatic heterocycles. The molecular formula is C20H20BrN3O4. The Hall–Kier alpha value is -2.87. The van der Waals surface area contributed by atoms with Crippen molar-refractivity contribution in [3.63, 3.8) is 0 Å². The van der Waals surface area contributed by atoms with Gasteiger partial charge in [-0.05, 0) is 37.6 Å². The first-order valence-corrected chi connectivity index (χ1v) is 9.56. The first kappa shape index (κ1) is 19.9. The van der Waals surface area contributed by atoms with Gasteiger partial charge in [-0.2, -0.15) is 5.10 Å². The first-order valence-electron chi connectivity index (χ1n) is 8.77. The molecule has 0 spiro atoms. The molecule has 0 fully saturated rings. The Morgan fingerprint density at radius 2 is 2.04 bits per heavy atom. The molecule has 0 bridgehead atoms. The Bertz CT molecular complexity index is 1150. The van der Waals surface area contributed by atoms with Crippen molar-refractivity contribution in [2.45, 2.75) is 26.4 Å². The lowest BCUT2D eigenvalue weighted by molar-refractivity contribution is 0.207. The van der Waals surface area contributed by atoms with Crippen LogP contribution in [-0.2, 0) is 0 Å². The molecule has 3 rings (SSSR count). The van der Waals surface area contributed by atoms with Crippen molar-refractivity contribution in [3.05, 3.63) is 67.3 Å². The molecule has 0 saturated heterocycles. The number of aromatic nitrogens is 2. The van der Waals surface area contributed by atoms with Gasteiger partial charge in [0.15, 0.2) is 11.5 Å². The lowest BCUT2D eigenvalue weighted by Gasteiger charge is -2.18. The molecule has 1 N–H and O–H groups in total. The van der Waals surface area contributed by atoms with E-state index in [1.807, 2.05) is 13.8 Å². The Morgan fingerprint density at radius 3 is 2.75 bits per heavy atom. The van der Waals surface area contributed by atoms with Crippen LogP contribution in [0.15, 0.2) is 55.6 Å². The van der Waals surface area contributed by atoms with Gasteiger partial charge in [0, 0.05) is 10.0 Å². The predicted molar refractivity (Wildman–Crippen MR) is 113 cm³/mol. The van der Waals surface area contributed by atoms with Crippen LogP contribution in [0.1, 0.15) is 25.8 Å². The monoisotopic (exact) mass is 445 g/mol. The standard InChI is InChI=1S/C20H20BrN3O4/c1-4-12(2)28-18-13(9-14(21)10-17(18)27-3)11-22-24-19(25)15-7-5-6-8-16(15)23-20(24)26/h5-12H,4H2,1-3H3,(H,23,26)/t12-/m1/s1. The van der Waals surface area contributed by atoms with Crippen LogP contribution in [0.5, 0.6) is 11.5 Å². The van der Waals surface area contributed by atoms with Gasteiger partial charge in [-0.25, -0.2) is 4.79 Å². The normalized spacial score (nSPS) is 12.4. The highest BCUT2D eigenvalue weighted by molar-refractivity contribution is 9.10. The van der Waals surface area contributed by atoms with E-state index >= 15 is 0 Å². The first-order chi connectivity index (χ1) is 13.4. The lowest BCUT2D eigenvalue weighted by atomic mass is 10.2. The van der Waals surface area contributed by atoms with Crippen molar-refractivity contribution in [1.82, 2.24) is 9.66 Å². The van der Waals surface area contributed by atoms with Crippen LogP contribution in [0.3, 0.4) is 0 Å². The molecule has 8 heteroatoms. The third-order valence-corrected chi connectivity index (χ3v) is 4.72. The average Bonchev–Trinajstić information content (AvgIpc) is 2.69. The Kier molecular flexibility index (Phi) is 5.99. The second-order valence-electron chi connectivity index (χ2n) is 6.20. The summed E-state index contributed by atoms with van der Waals surface area (Å²) in [6.07, 6.45) is 2.17. The number of para-hydroxylation sites is 1. The number of nitrogens with one attached hydrogen (secondary N) is 1. The van der Waals surface area contributed by atoms with Crippen molar-refractivity contribution < 1.29 is 9.47 Å². The zero-order valence-electron chi connectivity index (χ0n) is 15.7. The van der Waals surface area contributed by atoms with Crippen LogP contribution in [0.2, 0.25) is 0 Å². The van der Waals surface area contributed by atoms with Gasteiger partial charge in [-0.1, -0.05) is 35.0 Å². The van der Waals surface area contributed by atoms with Crippen molar-refractivity contribution in [3.8, 4) is 11.5 Å². The van der Waals surface area contributed by atoms with Crippen LogP contribution in [-0.4, -0.2) is 29.1 Å². The van der Waals surface area contributed by atoms with Gasteiger partial charge in [-0.3, -0.25) is 4.79 Å². The molecule has 0 aliphatic carbocycles. The van der Waals surface area contributed by atoms with E-state index in [0.717, 1.165) is 15.6 Å². The zero-order chi connectivity index (χ0) is 20.3. The number of hydrogen-bond donors (Lipinski definition) is 1. The van der Waals surface area contributed by atoms with Crippen LogP contribution in [0.4, 0.5) is 0 Å². The summed E-state index contributed by atoms with van der Waals surface area (Å²) in [4.78, 5) is 27.6. The maximum Gasteiger partial charge on any atom is 0.349 e. The minimum absolute atomic E-state index is 0.0472. The minimum Gasteiger partial charge on any atom is -0.493 e. The molecule has 0 amide bonds. The highest BCUT2D eigenvalue weighted by Crippen LogP contribution is 2.35. The van der Waals surface area contributed by atoms with Crippen molar-refractivity contribution in [1.29, 1.82) is 0 Å². The molecule has 0 unspecified atom stereocenters. The molecule has 2 aromatic carbocycles. The summed E-state index contributed by atoms with van der Waals surface area (Å²) in [5, 5.41) is 4.49. The summed E-state index contributed by atoms with van der Waals surface area (Å²) >= 11 is 3.43. The topological polar surface area (TPSA) is 85.7 Å². The molecule has 0 aliphatic rings. The largest absolute Gasteiger partial charge is 0.493 e. The molecular weight excluding hydrogens is 426 g/mol. The molecule has 0 saturated carbocycles. The summed E-state index contributed by atoms with van der Waals surface area (Å²) in [7, 11) is 1.55. The average molecular weight is 446 g/mol. The van der Waals surface area contributed by atoms with E-state index in [4.69, 9.17) is 9.47 Å². The number of fused-ring (bicyclic) bond motifs is 1. The molecule has 7 nitrogen and oxygen atoms in total. The maximum atomic E-state index is 12.6. The quantitative estimate of drug-likeness (QED) is 0.588. The Labute approximate surface area is 169 Å². The summed E-state index contributed by atoms with van der Waals surface area (Å²) in [6.45, 7) is 3.96. The Morgan fingerprint density at radius 1 is 1.29 bits per heavy atom. The SMILES string of the molecule is CC[C@@H](C)Oc1c(C=Nn2c(=O)[nH]c3ccccc3c2=O)cc(Br)cc1OC. The number of aromatic amines is 1. The number of rotatable bonds is 6. The van der Waals surface area contributed by atoms with Crippen molar-refractivity contribution in [2.24, 2.45) is 5.10 Å². The molecule has 3 aromatic rings. The fourth-order valence-corrected chi connectivity index (χ4v) is 3.08. The molecule has 28 heavy (non-hydrogen) atoms. The van der Waals surface area contributed by atoms with Crippen LogP contribution in [0.25, 0.3) is 10.9 Å². The van der Waals surface area contributed by atoms with Gasteiger partial charge in [0.2, 0.25) is 0 Å². The van der Waals surface area contributed by atoms with Crippen LogP contribution < -0.4 is 20.7 Å². The second-order valence-corrected chi connectivity index (χ2v) is 7.12. The predicted octanol–water partition coefficient (Wildman–Crippen LogP) is 3.52. The van der Waals surface area contributed by atoms with Gasteiger partial charge in [-0.15, -0.1) is 4.68 Å². The summed E-state index contributed by atoms with van der Waals surface area (Å²) in [6, 6.07) is 10.3. The zero-order valence-corrected chi connectivity index (χ0v) is 17.3. The number of benzene rings is 2. The maximum absolute atomic E-state index is 12.6. The number of halogens is 1. The number of hydrogen-bond acceptors (Lipinski definition) is 5. The van der Waals surface area contributed by atoms with E-state index in [9.17, 15) is 9.59 Å². The third-order valence-electron chi connectivity index (χ3n) is 4.26. The number of nitrogens with zero attached hydrogens (tertiary/aromatic N) is 2. The number of ether oxygens (including phenoxy) is 2. The molecule has 1 atom stereocenters. The third kappa shape index (κ3) is 4.01. The lowest BCUT2D eigenvalue weighted by Crippen LogP contribution is -2.32. The van der Waals surface area contributed by atoms with Crippen molar-refractivity contribution in [2.75, 3.05) is 7.11 Å². The van der Waals surface area contributed by atoms with Crippen LogP contribution in [0, 0.1) is 0 Å². The second kappa shape index (κ2) is 8.43. The summed E-state index contributed by atoms with van der Waals surface area (Å²) in [5.74, 6) is 1.02. The van der Waals surface area contributed by atoms with E-state index < -0.39 is 11.2 Å². The van der Waals surface area contributed by atoms with E-state index in [0.29, 0.717) is 28.0 Å². The smallest absolute Gasteiger partial charge is 0.349 e. The van der Waals surface area contributed by atoms with Gasteiger partial charge < -0.3 is 14.5 Å². The number of methoxy groups -OCH3 is 1. The fourth-order valence-electron chi connectivity index (χ4n) is 2.62. The minimum atomic E-state index is -0.619. The van der Waals surface area contributed by atoms with Gasteiger partial charge in [0.05, 0.1) is 30.3 Å². The van der Waals surface area contributed by atoms with Gasteiger partial charge in [0.1, 0.15) is 0 Å². The van der Waals surface area contributed by atoms with E-state index in [1.165, 1.54) is 6.21 Å². The van der Waals surface area contributed by atoms with Gasteiger partial charge >= 0.3 is 5.69 Å². The molecule has 146 valence electrons. The van der Waals surface area contributed by atoms with E-state index in [-0.39, 0.29) is 6.10 Å². The highest BCUT2D eigenvalue weighted by Gasteiger charge is 2.15. The molecule has 0 radical (unpaired) electrons. The van der Waals surface area contributed by atoms with E-state index in [1.54, 1.807) is 43.5 Å². The summed E-state index contributed by atoms with van der Waals surface area (Å²) < 4.78 is 12.9. The summed E-state index contributed by atoms with van der Waals surface area (Å²) in [5.41, 5.74) is -0.0758. The highest BCUT2D eigenvalue weighted by atomic mass is 79.9. The van der Waals surface area contributed by atoms with E-state index in [2.05, 4.69) is 26.0 Å². The Balaban J connectivity index is 2.12.